The maximum atomic E-state index is 13.1. The van der Waals surface area contributed by atoms with Gasteiger partial charge in [-0.15, -0.1) is 0 Å². The lowest BCUT2D eigenvalue weighted by Crippen LogP contribution is -2.43. The van der Waals surface area contributed by atoms with Crippen LogP contribution in [-0.4, -0.2) is 52.6 Å². The van der Waals surface area contributed by atoms with Crippen molar-refractivity contribution in [1.82, 2.24) is 9.80 Å². The van der Waals surface area contributed by atoms with Crippen molar-refractivity contribution in [3.63, 3.8) is 0 Å². The lowest BCUT2D eigenvalue weighted by molar-refractivity contribution is -0.134. The summed E-state index contributed by atoms with van der Waals surface area (Å²) in [6, 6.07) is 6.55. The van der Waals surface area contributed by atoms with Crippen molar-refractivity contribution >= 4 is 5.91 Å². The van der Waals surface area contributed by atoms with Gasteiger partial charge in [0.15, 0.2) is 0 Å². The summed E-state index contributed by atoms with van der Waals surface area (Å²) in [5, 5.41) is 9.63. The Bertz CT molecular complexity index is 533. The number of likely N-dealkylation sites (N-methyl/N-ethyl adjacent to an activating group) is 1. The number of hydrogen-bond acceptors (Lipinski definition) is 3. The van der Waals surface area contributed by atoms with Crippen molar-refractivity contribution in [1.29, 1.82) is 0 Å². The fourth-order valence-corrected chi connectivity index (χ4v) is 3.62. The monoisotopic (exact) mass is 336 g/mol. The van der Waals surface area contributed by atoms with Crippen LogP contribution in [0, 0.1) is 5.82 Å². The minimum absolute atomic E-state index is 0.0825. The highest BCUT2D eigenvalue weighted by Crippen LogP contribution is 2.24. The van der Waals surface area contributed by atoms with Gasteiger partial charge in [0.05, 0.1) is 18.7 Å². The summed E-state index contributed by atoms with van der Waals surface area (Å²) in [7, 11) is 0. The smallest absolute Gasteiger partial charge is 0.237 e. The third-order valence-electron chi connectivity index (χ3n) is 4.93. The van der Waals surface area contributed by atoms with Gasteiger partial charge in [-0.2, -0.15) is 0 Å². The van der Waals surface area contributed by atoms with Crippen LogP contribution < -0.4 is 0 Å². The van der Waals surface area contributed by atoms with Crippen LogP contribution in [0.3, 0.4) is 0 Å². The molecular formula is C19H29FN2O2. The molecule has 3 unspecified atom stereocenters. The van der Waals surface area contributed by atoms with E-state index in [1.165, 1.54) is 12.1 Å². The number of halogens is 1. The molecular weight excluding hydrogens is 307 g/mol. The van der Waals surface area contributed by atoms with Crippen LogP contribution in [0.2, 0.25) is 0 Å². The Morgan fingerprint density at radius 1 is 1.38 bits per heavy atom. The summed E-state index contributed by atoms with van der Waals surface area (Å²) in [4.78, 5) is 16.8. The van der Waals surface area contributed by atoms with Gasteiger partial charge in [-0.25, -0.2) is 4.39 Å². The highest BCUT2D eigenvalue weighted by atomic mass is 19.1. The van der Waals surface area contributed by atoms with Gasteiger partial charge < -0.3 is 10.0 Å². The Morgan fingerprint density at radius 3 is 2.62 bits per heavy atom. The first-order chi connectivity index (χ1) is 11.4. The zero-order chi connectivity index (χ0) is 17.7. The number of rotatable bonds is 7. The number of nitrogens with zero attached hydrogens (tertiary/aromatic N) is 2. The summed E-state index contributed by atoms with van der Waals surface area (Å²) in [5.41, 5.74) is 0.938. The molecule has 1 aromatic rings. The number of aliphatic hydroxyl groups is 1. The van der Waals surface area contributed by atoms with Crippen LogP contribution >= 0.6 is 0 Å². The number of carbonyl (C=O) groups is 1. The summed E-state index contributed by atoms with van der Waals surface area (Å²) in [6.45, 7) is 7.66. The molecule has 0 radical (unpaired) electrons. The summed E-state index contributed by atoms with van der Waals surface area (Å²) in [5.74, 6) is -0.176. The number of carbonyl (C=O) groups excluding carboxylic acids is 1. The first-order valence-electron chi connectivity index (χ1n) is 8.89. The second-order valence-corrected chi connectivity index (χ2v) is 6.76. The maximum Gasteiger partial charge on any atom is 0.237 e. The van der Waals surface area contributed by atoms with Gasteiger partial charge in [-0.3, -0.25) is 9.69 Å². The molecule has 1 heterocycles. The van der Waals surface area contributed by atoms with E-state index >= 15 is 0 Å². The fraction of sp³-hybridized carbons (Fsp3) is 0.632. The molecule has 0 saturated carbocycles. The largest absolute Gasteiger partial charge is 0.393 e. The van der Waals surface area contributed by atoms with Crippen molar-refractivity contribution in [2.45, 2.75) is 58.2 Å². The average Bonchev–Trinajstić information content (AvgIpc) is 2.94. The van der Waals surface area contributed by atoms with Crippen LogP contribution in [0.15, 0.2) is 24.3 Å². The van der Waals surface area contributed by atoms with Gasteiger partial charge >= 0.3 is 0 Å². The third-order valence-corrected chi connectivity index (χ3v) is 4.93. The Kier molecular flexibility index (Phi) is 6.75. The SMILES string of the molecule is CCN(C(=O)CN1CCCC1CC(C)O)C(C)c1ccc(F)cc1. The predicted molar refractivity (Wildman–Crippen MR) is 93.1 cm³/mol. The molecule has 1 aromatic carbocycles. The van der Waals surface area contributed by atoms with Crippen molar-refractivity contribution in [2.75, 3.05) is 19.6 Å². The van der Waals surface area contributed by atoms with Crippen molar-refractivity contribution < 1.29 is 14.3 Å². The summed E-state index contributed by atoms with van der Waals surface area (Å²) < 4.78 is 13.1. The van der Waals surface area contributed by atoms with Crippen LogP contribution in [0.4, 0.5) is 4.39 Å². The number of benzene rings is 1. The summed E-state index contributed by atoms with van der Waals surface area (Å²) in [6.07, 6.45) is 2.49. The van der Waals surface area contributed by atoms with Gasteiger partial charge in [-0.1, -0.05) is 12.1 Å². The van der Waals surface area contributed by atoms with Gasteiger partial charge in [-0.05, 0) is 64.3 Å². The molecule has 134 valence electrons. The first kappa shape index (κ1) is 18.9. The molecule has 0 bridgehead atoms. The Labute approximate surface area is 144 Å². The molecule has 1 saturated heterocycles. The second-order valence-electron chi connectivity index (χ2n) is 6.76. The van der Waals surface area contributed by atoms with E-state index in [0.717, 1.165) is 24.9 Å². The van der Waals surface area contributed by atoms with Gasteiger partial charge in [0.25, 0.3) is 0 Å². The molecule has 1 amide bonds. The molecule has 5 heteroatoms. The topological polar surface area (TPSA) is 43.8 Å². The summed E-state index contributed by atoms with van der Waals surface area (Å²) >= 11 is 0. The van der Waals surface area contributed by atoms with Crippen LogP contribution in [0.25, 0.3) is 0 Å². The van der Waals surface area contributed by atoms with Crippen LogP contribution in [-0.2, 0) is 4.79 Å². The Hall–Kier alpha value is -1.46. The molecule has 0 aromatic heterocycles. The van der Waals surface area contributed by atoms with E-state index in [-0.39, 0.29) is 29.9 Å². The Balaban J connectivity index is 2.01. The van der Waals surface area contributed by atoms with Crippen LogP contribution in [0.1, 0.15) is 51.6 Å². The molecule has 3 atom stereocenters. The molecule has 1 N–H and O–H groups in total. The lowest BCUT2D eigenvalue weighted by atomic mass is 10.1. The highest BCUT2D eigenvalue weighted by molar-refractivity contribution is 5.78. The van der Waals surface area contributed by atoms with E-state index in [1.807, 2.05) is 18.7 Å². The number of aliphatic hydroxyl groups excluding tert-OH is 1. The minimum atomic E-state index is -0.342. The quantitative estimate of drug-likeness (QED) is 0.832. The van der Waals surface area contributed by atoms with Gasteiger partial charge in [0.1, 0.15) is 5.82 Å². The molecule has 4 nitrogen and oxygen atoms in total. The molecule has 0 aliphatic carbocycles. The zero-order valence-corrected chi connectivity index (χ0v) is 14.9. The molecule has 1 fully saturated rings. The molecule has 24 heavy (non-hydrogen) atoms. The van der Waals surface area contributed by atoms with Gasteiger partial charge in [0.2, 0.25) is 5.91 Å². The molecule has 1 aliphatic heterocycles. The zero-order valence-electron chi connectivity index (χ0n) is 14.9. The molecule has 0 spiro atoms. The Morgan fingerprint density at radius 2 is 2.04 bits per heavy atom. The third kappa shape index (κ3) is 4.77. The number of likely N-dealkylation sites (tertiary alicyclic amines) is 1. The van der Waals surface area contributed by atoms with Crippen LogP contribution in [0.5, 0.6) is 0 Å². The number of hydrogen-bond donors (Lipinski definition) is 1. The molecule has 1 aliphatic rings. The maximum absolute atomic E-state index is 13.1. The number of amides is 1. The predicted octanol–water partition coefficient (Wildman–Crippen LogP) is 2.97. The molecule has 2 rings (SSSR count). The lowest BCUT2D eigenvalue weighted by Gasteiger charge is -2.32. The van der Waals surface area contributed by atoms with E-state index in [9.17, 15) is 14.3 Å². The van der Waals surface area contributed by atoms with Crippen molar-refractivity contribution in [3.8, 4) is 0 Å². The van der Waals surface area contributed by atoms with Crippen molar-refractivity contribution in [3.05, 3.63) is 35.6 Å². The van der Waals surface area contributed by atoms with E-state index < -0.39 is 0 Å². The standard InChI is InChI=1S/C19H29FN2O2/c1-4-22(15(3)16-7-9-17(20)10-8-16)19(24)13-21-11-5-6-18(21)12-14(2)23/h7-10,14-15,18,23H,4-6,11-13H2,1-3H3. The fourth-order valence-electron chi connectivity index (χ4n) is 3.62. The average molecular weight is 336 g/mol. The first-order valence-corrected chi connectivity index (χ1v) is 8.89. The van der Waals surface area contributed by atoms with Gasteiger partial charge in [0, 0.05) is 12.6 Å². The van der Waals surface area contributed by atoms with E-state index in [2.05, 4.69) is 4.90 Å². The highest BCUT2D eigenvalue weighted by Gasteiger charge is 2.29. The second kappa shape index (κ2) is 8.58. The van der Waals surface area contributed by atoms with E-state index in [4.69, 9.17) is 0 Å². The normalized spacial score (nSPS) is 20.8. The van der Waals surface area contributed by atoms with E-state index in [1.54, 1.807) is 19.1 Å². The van der Waals surface area contributed by atoms with Crippen molar-refractivity contribution in [2.24, 2.45) is 0 Å². The minimum Gasteiger partial charge on any atom is -0.393 e. The van der Waals surface area contributed by atoms with E-state index in [0.29, 0.717) is 19.5 Å².